The third-order valence-corrected chi connectivity index (χ3v) is 4.51. The highest BCUT2D eigenvalue weighted by molar-refractivity contribution is 5.31. The van der Waals surface area contributed by atoms with Crippen molar-refractivity contribution in [2.24, 2.45) is 0 Å². The monoisotopic (exact) mass is 356 g/mol. The lowest BCUT2D eigenvalue weighted by atomic mass is 9.87. The van der Waals surface area contributed by atoms with E-state index in [9.17, 15) is 0 Å². The molecule has 2 aromatic rings. The minimum atomic E-state index is 0.173. The first-order valence-electron chi connectivity index (χ1n) is 9.43. The molecule has 3 nitrogen and oxygen atoms in total. The molecule has 0 spiro atoms. The van der Waals surface area contributed by atoms with E-state index in [-0.39, 0.29) is 5.41 Å². The molecule has 0 bridgehead atoms. The molecule has 0 radical (unpaired) electrons. The molecule has 0 heterocycles. The molecule has 0 amide bonds. The van der Waals surface area contributed by atoms with Gasteiger partial charge >= 0.3 is 0 Å². The van der Waals surface area contributed by atoms with Crippen molar-refractivity contribution in [1.29, 1.82) is 0 Å². The SMILES string of the molecule is CC(C)(C)c1ccc(OCCOCC[N+](C)(C)Cc2ccccc2)cc1. The average molecular weight is 357 g/mol. The van der Waals surface area contributed by atoms with Gasteiger partial charge in [0.2, 0.25) is 0 Å². The van der Waals surface area contributed by atoms with Gasteiger partial charge in [0.05, 0.1) is 27.3 Å². The Kier molecular flexibility index (Phi) is 7.24. The van der Waals surface area contributed by atoms with Crippen LogP contribution in [0.1, 0.15) is 31.9 Å². The van der Waals surface area contributed by atoms with Crippen LogP contribution < -0.4 is 4.74 Å². The summed E-state index contributed by atoms with van der Waals surface area (Å²) in [6.45, 7) is 10.6. The molecule has 0 N–H and O–H groups in total. The van der Waals surface area contributed by atoms with Crippen molar-refractivity contribution in [3.8, 4) is 5.75 Å². The average Bonchev–Trinajstić information content (AvgIpc) is 2.58. The number of quaternary nitrogens is 1. The summed E-state index contributed by atoms with van der Waals surface area (Å²) in [5.41, 5.74) is 2.85. The summed E-state index contributed by atoms with van der Waals surface area (Å²) in [5.74, 6) is 0.904. The predicted octanol–water partition coefficient (Wildman–Crippen LogP) is 4.66. The molecule has 0 saturated carbocycles. The summed E-state index contributed by atoms with van der Waals surface area (Å²) >= 11 is 0. The van der Waals surface area contributed by atoms with Crippen LogP contribution in [0.25, 0.3) is 0 Å². The highest BCUT2D eigenvalue weighted by Gasteiger charge is 2.15. The summed E-state index contributed by atoms with van der Waals surface area (Å²) in [7, 11) is 4.48. The third-order valence-electron chi connectivity index (χ3n) is 4.51. The number of nitrogens with zero attached hydrogens (tertiary/aromatic N) is 1. The van der Waals surface area contributed by atoms with E-state index in [1.807, 2.05) is 12.1 Å². The van der Waals surface area contributed by atoms with Crippen LogP contribution in [-0.2, 0) is 16.7 Å². The molecule has 0 aliphatic carbocycles. The van der Waals surface area contributed by atoms with Gasteiger partial charge in [-0.25, -0.2) is 0 Å². The Bertz CT molecular complexity index is 642. The molecule has 0 fully saturated rings. The Balaban J connectivity index is 1.63. The zero-order chi connectivity index (χ0) is 19.0. The molecule has 2 aromatic carbocycles. The fourth-order valence-electron chi connectivity index (χ4n) is 2.84. The minimum Gasteiger partial charge on any atom is -0.491 e. The van der Waals surface area contributed by atoms with E-state index < -0.39 is 0 Å². The van der Waals surface area contributed by atoms with Crippen molar-refractivity contribution in [1.82, 2.24) is 0 Å². The van der Waals surface area contributed by atoms with Crippen LogP contribution in [0.2, 0.25) is 0 Å². The number of likely N-dealkylation sites (N-methyl/N-ethyl adjacent to an activating group) is 1. The maximum Gasteiger partial charge on any atom is 0.119 e. The largest absolute Gasteiger partial charge is 0.491 e. The van der Waals surface area contributed by atoms with Gasteiger partial charge in [-0.05, 0) is 23.1 Å². The van der Waals surface area contributed by atoms with Gasteiger partial charge in [0, 0.05) is 5.56 Å². The second-order valence-corrected chi connectivity index (χ2v) is 8.54. The van der Waals surface area contributed by atoms with Crippen molar-refractivity contribution >= 4 is 0 Å². The first-order valence-corrected chi connectivity index (χ1v) is 9.43. The first-order chi connectivity index (χ1) is 12.3. The Labute approximate surface area is 159 Å². The van der Waals surface area contributed by atoms with E-state index in [0.29, 0.717) is 13.2 Å². The molecule has 0 aliphatic rings. The Morgan fingerprint density at radius 3 is 2.08 bits per heavy atom. The number of benzene rings is 2. The normalized spacial score (nSPS) is 12.2. The zero-order valence-corrected chi connectivity index (χ0v) is 17.0. The van der Waals surface area contributed by atoms with Crippen LogP contribution in [0.15, 0.2) is 54.6 Å². The summed E-state index contributed by atoms with van der Waals surface area (Å²) in [6, 6.07) is 19.0. The van der Waals surface area contributed by atoms with Gasteiger partial charge in [-0.2, -0.15) is 0 Å². The topological polar surface area (TPSA) is 18.5 Å². The van der Waals surface area contributed by atoms with Crippen LogP contribution in [-0.4, -0.2) is 44.9 Å². The highest BCUT2D eigenvalue weighted by Crippen LogP contribution is 2.24. The maximum atomic E-state index is 5.77. The van der Waals surface area contributed by atoms with Gasteiger partial charge in [0.15, 0.2) is 0 Å². The van der Waals surface area contributed by atoms with Crippen molar-refractivity contribution in [2.75, 3.05) is 40.5 Å². The molecule has 2 rings (SSSR count). The van der Waals surface area contributed by atoms with Gasteiger partial charge in [-0.3, -0.25) is 0 Å². The van der Waals surface area contributed by atoms with Crippen LogP contribution >= 0.6 is 0 Å². The van der Waals surface area contributed by atoms with E-state index in [1.54, 1.807) is 0 Å². The second-order valence-electron chi connectivity index (χ2n) is 8.54. The molecule has 26 heavy (non-hydrogen) atoms. The van der Waals surface area contributed by atoms with Crippen LogP contribution in [0.5, 0.6) is 5.75 Å². The van der Waals surface area contributed by atoms with Crippen molar-refractivity contribution in [3.05, 3.63) is 65.7 Å². The van der Waals surface area contributed by atoms with Crippen molar-refractivity contribution < 1.29 is 14.0 Å². The summed E-state index contributed by atoms with van der Waals surface area (Å²) in [6.07, 6.45) is 0. The van der Waals surface area contributed by atoms with E-state index in [4.69, 9.17) is 9.47 Å². The number of hydrogen-bond donors (Lipinski definition) is 0. The minimum absolute atomic E-state index is 0.173. The lowest BCUT2D eigenvalue weighted by Gasteiger charge is -2.29. The van der Waals surface area contributed by atoms with Crippen LogP contribution in [0.3, 0.4) is 0 Å². The lowest BCUT2D eigenvalue weighted by molar-refractivity contribution is -0.904. The highest BCUT2D eigenvalue weighted by atomic mass is 16.5. The smallest absolute Gasteiger partial charge is 0.119 e. The van der Waals surface area contributed by atoms with Gasteiger partial charge in [-0.1, -0.05) is 63.2 Å². The Morgan fingerprint density at radius 2 is 1.46 bits per heavy atom. The predicted molar refractivity (Wildman–Crippen MR) is 109 cm³/mol. The molecule has 0 atom stereocenters. The number of rotatable bonds is 9. The van der Waals surface area contributed by atoms with Gasteiger partial charge in [-0.15, -0.1) is 0 Å². The lowest BCUT2D eigenvalue weighted by Crippen LogP contribution is -2.41. The first kappa shape index (κ1) is 20.5. The zero-order valence-electron chi connectivity index (χ0n) is 17.0. The molecular formula is C23H34NO2+. The van der Waals surface area contributed by atoms with Crippen LogP contribution in [0.4, 0.5) is 0 Å². The maximum absolute atomic E-state index is 5.77. The van der Waals surface area contributed by atoms with Crippen LogP contribution in [0, 0.1) is 0 Å². The quantitative estimate of drug-likeness (QED) is 0.481. The van der Waals surface area contributed by atoms with Crippen molar-refractivity contribution in [2.45, 2.75) is 32.7 Å². The second kappa shape index (κ2) is 9.20. The van der Waals surface area contributed by atoms with Gasteiger partial charge < -0.3 is 14.0 Å². The fourth-order valence-corrected chi connectivity index (χ4v) is 2.84. The standard InChI is InChI=1S/C23H34NO2/c1-23(2,3)21-11-13-22(14-12-21)26-18-17-25-16-15-24(4,5)19-20-9-7-6-8-10-20/h6-14H,15-19H2,1-5H3/q+1. The van der Waals surface area contributed by atoms with E-state index in [0.717, 1.165) is 29.9 Å². The molecular weight excluding hydrogens is 322 g/mol. The van der Waals surface area contributed by atoms with E-state index >= 15 is 0 Å². The number of ether oxygens (including phenoxy) is 2. The molecule has 142 valence electrons. The summed E-state index contributed by atoms with van der Waals surface area (Å²) in [5, 5.41) is 0. The van der Waals surface area contributed by atoms with E-state index in [2.05, 4.69) is 77.3 Å². The van der Waals surface area contributed by atoms with Gasteiger partial charge in [0.25, 0.3) is 0 Å². The van der Waals surface area contributed by atoms with E-state index in [1.165, 1.54) is 11.1 Å². The number of hydrogen-bond acceptors (Lipinski definition) is 2. The van der Waals surface area contributed by atoms with Gasteiger partial charge in [0.1, 0.15) is 25.4 Å². The molecule has 0 aliphatic heterocycles. The van der Waals surface area contributed by atoms with Crippen molar-refractivity contribution in [3.63, 3.8) is 0 Å². The molecule has 0 aromatic heterocycles. The third kappa shape index (κ3) is 7.19. The summed E-state index contributed by atoms with van der Waals surface area (Å²) in [4.78, 5) is 0. The Morgan fingerprint density at radius 1 is 0.808 bits per heavy atom. The molecule has 3 heteroatoms. The Hall–Kier alpha value is -1.84. The molecule has 0 unspecified atom stereocenters. The summed E-state index contributed by atoms with van der Waals surface area (Å²) < 4.78 is 12.5. The molecule has 0 saturated heterocycles. The fraction of sp³-hybridized carbons (Fsp3) is 0.478.